The number of nitrogens with zero attached hydrogens (tertiary/aromatic N) is 3. The van der Waals surface area contributed by atoms with Gasteiger partial charge in [0, 0.05) is 10.3 Å². The molecule has 0 radical (unpaired) electrons. The topological polar surface area (TPSA) is 95.1 Å². The van der Waals surface area contributed by atoms with Crippen LogP contribution in [0.25, 0.3) is 10.9 Å². The van der Waals surface area contributed by atoms with Crippen LogP contribution < -0.4 is 0 Å². The summed E-state index contributed by atoms with van der Waals surface area (Å²) in [6.07, 6.45) is -1.04. The molecule has 0 bridgehead atoms. The maximum Gasteiger partial charge on any atom is 0.171 e. The van der Waals surface area contributed by atoms with Crippen molar-refractivity contribution >= 4 is 62.3 Å². The highest BCUT2D eigenvalue weighted by Gasteiger charge is 2.14. The molecule has 0 aliphatic heterocycles. The molecule has 1 atom stereocenters. The molecule has 134 valence electrons. The number of Topliss-reactive ketones (excluding diaryl/α,β-unsaturated/α-hetero) is 1. The Kier molecular flexibility index (Phi) is 5.87. The van der Waals surface area contributed by atoms with Crippen molar-refractivity contribution in [3.05, 3.63) is 41.4 Å². The Bertz CT molecular complexity index is 989. The number of thioether (sulfide) groups is 1. The third kappa shape index (κ3) is 4.21. The van der Waals surface area contributed by atoms with Crippen LogP contribution in [0.15, 0.2) is 51.5 Å². The zero-order valence-corrected chi connectivity index (χ0v) is 16.0. The Morgan fingerprint density at radius 3 is 2.88 bits per heavy atom. The Balaban J connectivity index is 1.90. The number of aromatic hydroxyl groups is 1. The van der Waals surface area contributed by atoms with Crippen molar-refractivity contribution < 1.29 is 15.0 Å². The molecule has 1 unspecified atom stereocenters. The molecule has 2 N–H and O–H groups in total. The summed E-state index contributed by atoms with van der Waals surface area (Å²) >= 11 is 8.36. The van der Waals surface area contributed by atoms with Crippen LogP contribution in [-0.2, 0) is 4.79 Å². The zero-order valence-electron chi connectivity index (χ0n) is 13.6. The van der Waals surface area contributed by atoms with E-state index in [1.165, 1.54) is 30.6 Å². The molecule has 3 rings (SSSR count). The van der Waals surface area contributed by atoms with Crippen molar-refractivity contribution in [1.29, 1.82) is 0 Å². The van der Waals surface area contributed by atoms with Gasteiger partial charge in [-0.3, -0.25) is 4.79 Å². The number of aromatic nitrogens is 1. The van der Waals surface area contributed by atoms with Crippen LogP contribution in [0, 0.1) is 0 Å². The fraction of sp³-hybridized carbons (Fsp3) is 0.176. The second kappa shape index (κ2) is 8.13. The van der Waals surface area contributed by atoms with Crippen LogP contribution in [0.5, 0.6) is 5.75 Å². The van der Waals surface area contributed by atoms with Gasteiger partial charge in [-0.25, -0.2) is 0 Å². The van der Waals surface area contributed by atoms with Crippen LogP contribution in [0.3, 0.4) is 0 Å². The minimum Gasteiger partial charge on any atom is -0.506 e. The molecule has 1 aromatic heterocycles. The second-order valence-corrected chi connectivity index (χ2v) is 7.58. The van der Waals surface area contributed by atoms with Crippen molar-refractivity contribution in [2.45, 2.75) is 17.9 Å². The maximum atomic E-state index is 11.7. The third-order valence-corrected chi connectivity index (χ3v) is 5.61. The number of carbonyl (C=O) groups excluding carboxylic acids is 1. The first-order valence-corrected chi connectivity index (χ1v) is 9.71. The van der Waals surface area contributed by atoms with E-state index in [1.807, 2.05) is 24.3 Å². The zero-order chi connectivity index (χ0) is 18.7. The number of fused-ring (bicyclic) bond motifs is 1. The molecule has 26 heavy (non-hydrogen) atoms. The van der Waals surface area contributed by atoms with Crippen LogP contribution in [0.1, 0.15) is 6.92 Å². The Morgan fingerprint density at radius 1 is 1.35 bits per heavy atom. The first-order chi connectivity index (χ1) is 12.5. The Morgan fingerprint density at radius 2 is 2.12 bits per heavy atom. The van der Waals surface area contributed by atoms with E-state index in [-0.39, 0.29) is 22.3 Å². The number of rotatable bonds is 6. The van der Waals surface area contributed by atoms with E-state index in [4.69, 9.17) is 11.6 Å². The van der Waals surface area contributed by atoms with Gasteiger partial charge in [0.05, 0.1) is 16.3 Å². The number of hydrogen-bond donors (Lipinski definition) is 2. The van der Waals surface area contributed by atoms with Gasteiger partial charge in [-0.05, 0) is 42.7 Å². The smallest absolute Gasteiger partial charge is 0.171 e. The highest BCUT2D eigenvalue weighted by molar-refractivity contribution is 8.00. The summed E-state index contributed by atoms with van der Waals surface area (Å²) in [7, 11) is 0. The number of benzene rings is 2. The molecule has 1 heterocycles. The van der Waals surface area contributed by atoms with Crippen molar-refractivity contribution in [3.8, 4) is 5.75 Å². The standard InChI is InChI=1S/C17H14ClN3O3S2/c1-9(22)15(24)8-25-16-7-14(23)11(18)6-13(16)19-20-17-10-4-2-3-5-12(10)21-26-17/h2-7,9,22-23H,8H2,1H3. The summed E-state index contributed by atoms with van der Waals surface area (Å²) < 4.78 is 4.31. The number of phenolic OH excluding ortho intramolecular Hbond substituents is 1. The number of ketones is 1. The van der Waals surface area contributed by atoms with Crippen LogP contribution in [-0.4, -0.2) is 32.2 Å². The number of aliphatic hydroxyl groups excluding tert-OH is 1. The fourth-order valence-electron chi connectivity index (χ4n) is 2.04. The molecule has 0 aliphatic rings. The first kappa shape index (κ1) is 18.8. The average molecular weight is 408 g/mol. The molecule has 0 fully saturated rings. The molecule has 3 aromatic rings. The molecule has 0 saturated carbocycles. The normalized spacial score (nSPS) is 12.7. The molecule has 0 amide bonds. The van der Waals surface area contributed by atoms with Crippen molar-refractivity contribution in [3.63, 3.8) is 0 Å². The lowest BCUT2D eigenvalue weighted by Gasteiger charge is -2.07. The van der Waals surface area contributed by atoms with Gasteiger partial charge in [0.25, 0.3) is 0 Å². The van der Waals surface area contributed by atoms with E-state index in [2.05, 4.69) is 14.6 Å². The van der Waals surface area contributed by atoms with Gasteiger partial charge in [-0.2, -0.15) is 4.37 Å². The minimum absolute atomic E-state index is 0.0464. The average Bonchev–Trinajstić information content (AvgIpc) is 3.04. The highest BCUT2D eigenvalue weighted by Crippen LogP contribution is 2.39. The Labute approximate surface area is 162 Å². The van der Waals surface area contributed by atoms with E-state index in [0.717, 1.165) is 22.7 Å². The second-order valence-electron chi connectivity index (χ2n) is 5.41. The van der Waals surface area contributed by atoms with E-state index < -0.39 is 6.10 Å². The molecule has 6 nitrogen and oxygen atoms in total. The Hall–Kier alpha value is -2.00. The third-order valence-electron chi connectivity index (χ3n) is 3.48. The van der Waals surface area contributed by atoms with E-state index in [1.54, 1.807) is 0 Å². The number of hydrogen-bond acceptors (Lipinski definition) is 8. The lowest BCUT2D eigenvalue weighted by Crippen LogP contribution is -2.17. The largest absolute Gasteiger partial charge is 0.506 e. The lowest BCUT2D eigenvalue weighted by molar-refractivity contribution is -0.123. The fourth-order valence-corrected chi connectivity index (χ4v) is 3.87. The van der Waals surface area contributed by atoms with Gasteiger partial charge in [-0.15, -0.1) is 22.0 Å². The summed E-state index contributed by atoms with van der Waals surface area (Å²) in [5.74, 6) is -0.383. The first-order valence-electron chi connectivity index (χ1n) is 7.58. The van der Waals surface area contributed by atoms with E-state index >= 15 is 0 Å². The summed E-state index contributed by atoms with van der Waals surface area (Å²) in [6, 6.07) is 10.5. The predicted octanol–water partition coefficient (Wildman–Crippen LogP) is 5.11. The van der Waals surface area contributed by atoms with Gasteiger partial charge < -0.3 is 10.2 Å². The quantitative estimate of drug-likeness (QED) is 0.437. The molecular weight excluding hydrogens is 394 g/mol. The van der Waals surface area contributed by atoms with E-state index in [9.17, 15) is 15.0 Å². The number of halogens is 1. The van der Waals surface area contributed by atoms with Gasteiger partial charge in [0.1, 0.15) is 17.5 Å². The predicted molar refractivity (Wildman–Crippen MR) is 104 cm³/mol. The molecule has 0 saturated heterocycles. The lowest BCUT2D eigenvalue weighted by atomic mass is 10.2. The summed E-state index contributed by atoms with van der Waals surface area (Å²) in [4.78, 5) is 12.2. The van der Waals surface area contributed by atoms with Gasteiger partial charge in [-0.1, -0.05) is 23.7 Å². The number of phenols is 1. The van der Waals surface area contributed by atoms with Gasteiger partial charge >= 0.3 is 0 Å². The number of aliphatic hydroxyl groups is 1. The summed E-state index contributed by atoms with van der Waals surface area (Å²) in [5, 5.41) is 29.3. The van der Waals surface area contributed by atoms with Crippen LogP contribution in [0.4, 0.5) is 10.7 Å². The van der Waals surface area contributed by atoms with Gasteiger partial charge in [0.2, 0.25) is 0 Å². The molecule has 0 aliphatic carbocycles. The minimum atomic E-state index is -1.04. The van der Waals surface area contributed by atoms with Gasteiger partial charge in [0.15, 0.2) is 10.8 Å². The van der Waals surface area contributed by atoms with Crippen molar-refractivity contribution in [2.24, 2.45) is 10.2 Å². The summed E-state index contributed by atoms with van der Waals surface area (Å²) in [5.41, 5.74) is 1.26. The summed E-state index contributed by atoms with van der Waals surface area (Å²) in [6.45, 7) is 1.41. The van der Waals surface area contributed by atoms with Crippen LogP contribution in [0.2, 0.25) is 5.02 Å². The molecule has 9 heteroatoms. The number of carbonyl (C=O) groups is 1. The van der Waals surface area contributed by atoms with Crippen LogP contribution >= 0.6 is 34.9 Å². The highest BCUT2D eigenvalue weighted by atomic mass is 35.5. The molecule has 2 aromatic carbocycles. The van der Waals surface area contributed by atoms with Crippen molar-refractivity contribution in [1.82, 2.24) is 4.37 Å². The van der Waals surface area contributed by atoms with Crippen molar-refractivity contribution in [2.75, 3.05) is 5.75 Å². The monoisotopic (exact) mass is 407 g/mol. The number of azo groups is 1. The molecular formula is C17H14ClN3O3S2. The van der Waals surface area contributed by atoms with E-state index in [0.29, 0.717) is 15.6 Å². The molecule has 0 spiro atoms. The SMILES string of the molecule is CC(O)C(=O)CSc1cc(O)c(Cl)cc1N=Nc1snc2ccccc12. The maximum absolute atomic E-state index is 11.7.